The van der Waals surface area contributed by atoms with E-state index in [0.29, 0.717) is 0 Å². The molecule has 0 aliphatic heterocycles. The highest BCUT2D eigenvalue weighted by Gasteiger charge is 2.13. The van der Waals surface area contributed by atoms with Crippen LogP contribution < -0.4 is 0 Å². The number of aromatic amines is 2. The van der Waals surface area contributed by atoms with Gasteiger partial charge in [0.05, 0.1) is 22.9 Å². The summed E-state index contributed by atoms with van der Waals surface area (Å²) in [6.45, 7) is 3.99. The number of benzene rings is 5. The van der Waals surface area contributed by atoms with Crippen molar-refractivity contribution in [2.45, 2.75) is 13.8 Å². The molecule has 0 bridgehead atoms. The second kappa shape index (κ2) is 7.03. The minimum Gasteiger partial charge on any atom is -0.342 e. The van der Waals surface area contributed by atoms with Gasteiger partial charge in [0.25, 0.3) is 0 Å². The third-order valence-electron chi connectivity index (χ3n) is 6.77. The summed E-state index contributed by atoms with van der Waals surface area (Å²) in [5, 5.41) is 7.31. The lowest BCUT2D eigenvalue weighted by atomic mass is 9.94. The molecule has 0 saturated heterocycles. The Kier molecular flexibility index (Phi) is 3.94. The van der Waals surface area contributed by atoms with Gasteiger partial charge in [0.15, 0.2) is 0 Å². The van der Waals surface area contributed by atoms with Gasteiger partial charge in [0, 0.05) is 16.3 Å². The SMILES string of the molecule is Cc1ncc(-c2ccc3cc(-c4ccc5c(c4)c4ccccc4c4nc(C)[nH]c54)ccc3c2)[nH]1. The molecule has 0 unspecified atom stereocenters. The van der Waals surface area contributed by atoms with Crippen LogP contribution in [0.2, 0.25) is 0 Å². The molecule has 162 valence electrons. The molecule has 0 aliphatic carbocycles. The molecule has 2 heterocycles. The predicted molar refractivity (Wildman–Crippen MR) is 141 cm³/mol. The summed E-state index contributed by atoms with van der Waals surface area (Å²) < 4.78 is 0. The van der Waals surface area contributed by atoms with Crippen molar-refractivity contribution in [3.63, 3.8) is 0 Å². The second-order valence-corrected chi connectivity index (χ2v) is 9.01. The maximum Gasteiger partial charge on any atom is 0.104 e. The van der Waals surface area contributed by atoms with Crippen molar-refractivity contribution in [2.75, 3.05) is 0 Å². The van der Waals surface area contributed by atoms with Crippen LogP contribution >= 0.6 is 0 Å². The fraction of sp³-hybridized carbons (Fsp3) is 0.0667. The molecule has 0 aliphatic rings. The molecule has 2 N–H and O–H groups in total. The van der Waals surface area contributed by atoms with Crippen LogP contribution in [-0.4, -0.2) is 19.9 Å². The number of hydrogen-bond donors (Lipinski definition) is 2. The van der Waals surface area contributed by atoms with Crippen LogP contribution in [0.1, 0.15) is 11.6 Å². The highest BCUT2D eigenvalue weighted by Crippen LogP contribution is 2.36. The van der Waals surface area contributed by atoms with Gasteiger partial charge in [-0.15, -0.1) is 0 Å². The van der Waals surface area contributed by atoms with E-state index >= 15 is 0 Å². The molecule has 34 heavy (non-hydrogen) atoms. The van der Waals surface area contributed by atoms with Crippen LogP contribution in [0.3, 0.4) is 0 Å². The third kappa shape index (κ3) is 2.85. The van der Waals surface area contributed by atoms with E-state index < -0.39 is 0 Å². The Labute approximate surface area is 196 Å². The van der Waals surface area contributed by atoms with Crippen molar-refractivity contribution in [3.05, 3.63) is 96.7 Å². The van der Waals surface area contributed by atoms with E-state index in [0.717, 1.165) is 33.9 Å². The quantitative estimate of drug-likeness (QED) is 0.272. The zero-order valence-corrected chi connectivity index (χ0v) is 19.0. The van der Waals surface area contributed by atoms with Crippen LogP contribution in [0, 0.1) is 13.8 Å². The van der Waals surface area contributed by atoms with E-state index in [1.165, 1.54) is 43.4 Å². The number of fused-ring (bicyclic) bond motifs is 7. The maximum atomic E-state index is 4.77. The zero-order valence-electron chi connectivity index (χ0n) is 19.0. The predicted octanol–water partition coefficient (Wildman–Crippen LogP) is 7.70. The number of aryl methyl sites for hydroxylation is 2. The first kappa shape index (κ1) is 19.1. The lowest BCUT2D eigenvalue weighted by Crippen LogP contribution is -1.85. The number of rotatable bonds is 2. The van der Waals surface area contributed by atoms with Gasteiger partial charge in [-0.05, 0) is 64.7 Å². The first-order chi connectivity index (χ1) is 16.6. The molecular formula is C30H22N4. The molecule has 0 spiro atoms. The molecule has 0 saturated carbocycles. The summed E-state index contributed by atoms with van der Waals surface area (Å²) in [5.74, 6) is 1.87. The van der Waals surface area contributed by atoms with Crippen molar-refractivity contribution >= 4 is 43.4 Å². The van der Waals surface area contributed by atoms with E-state index in [1.807, 2.05) is 20.0 Å². The highest BCUT2D eigenvalue weighted by atomic mass is 14.9. The fourth-order valence-electron chi connectivity index (χ4n) is 5.13. The van der Waals surface area contributed by atoms with Crippen molar-refractivity contribution in [1.82, 2.24) is 19.9 Å². The maximum absolute atomic E-state index is 4.77. The second-order valence-electron chi connectivity index (χ2n) is 9.01. The summed E-state index contributed by atoms with van der Waals surface area (Å²) in [5.41, 5.74) is 6.77. The third-order valence-corrected chi connectivity index (χ3v) is 6.77. The summed E-state index contributed by atoms with van der Waals surface area (Å²) in [7, 11) is 0. The molecule has 0 fully saturated rings. The van der Waals surface area contributed by atoms with Crippen molar-refractivity contribution in [1.29, 1.82) is 0 Å². The number of aromatic nitrogens is 4. The summed E-state index contributed by atoms with van der Waals surface area (Å²) in [4.78, 5) is 15.9. The van der Waals surface area contributed by atoms with Gasteiger partial charge in [0.1, 0.15) is 11.6 Å². The lowest BCUT2D eigenvalue weighted by Gasteiger charge is -2.10. The fourth-order valence-corrected chi connectivity index (χ4v) is 5.13. The van der Waals surface area contributed by atoms with E-state index in [9.17, 15) is 0 Å². The number of nitrogens with zero attached hydrogens (tertiary/aromatic N) is 2. The summed E-state index contributed by atoms with van der Waals surface area (Å²) >= 11 is 0. The highest BCUT2D eigenvalue weighted by molar-refractivity contribution is 6.23. The molecule has 4 heteroatoms. The largest absolute Gasteiger partial charge is 0.342 e. The molecule has 7 aromatic rings. The van der Waals surface area contributed by atoms with Crippen molar-refractivity contribution < 1.29 is 0 Å². The number of nitrogens with one attached hydrogen (secondary N) is 2. The minimum atomic E-state index is 0.928. The van der Waals surface area contributed by atoms with Crippen molar-refractivity contribution in [3.8, 4) is 22.4 Å². The van der Waals surface area contributed by atoms with E-state index in [2.05, 4.69) is 93.8 Å². The van der Waals surface area contributed by atoms with Crippen LogP contribution in [0.25, 0.3) is 65.7 Å². The average molecular weight is 439 g/mol. The van der Waals surface area contributed by atoms with E-state index in [-0.39, 0.29) is 0 Å². The zero-order chi connectivity index (χ0) is 22.8. The number of hydrogen-bond acceptors (Lipinski definition) is 2. The first-order valence-electron chi connectivity index (χ1n) is 11.5. The molecule has 2 aromatic heterocycles. The van der Waals surface area contributed by atoms with Crippen LogP contribution in [0.5, 0.6) is 0 Å². The Bertz CT molecular complexity index is 1890. The van der Waals surface area contributed by atoms with Gasteiger partial charge >= 0.3 is 0 Å². The molecule has 7 rings (SSSR count). The van der Waals surface area contributed by atoms with Gasteiger partial charge in [-0.3, -0.25) is 0 Å². The van der Waals surface area contributed by atoms with Gasteiger partial charge in [0.2, 0.25) is 0 Å². The monoisotopic (exact) mass is 438 g/mol. The van der Waals surface area contributed by atoms with Gasteiger partial charge in [-0.1, -0.05) is 60.7 Å². The van der Waals surface area contributed by atoms with Crippen LogP contribution in [0.15, 0.2) is 85.1 Å². The van der Waals surface area contributed by atoms with Gasteiger partial charge < -0.3 is 9.97 Å². The molecular weight excluding hydrogens is 416 g/mol. The summed E-state index contributed by atoms with van der Waals surface area (Å²) in [6.07, 6.45) is 1.89. The van der Waals surface area contributed by atoms with Crippen molar-refractivity contribution in [2.24, 2.45) is 0 Å². The molecule has 5 aromatic carbocycles. The van der Waals surface area contributed by atoms with Crippen LogP contribution in [0.4, 0.5) is 0 Å². The number of H-pyrrole nitrogens is 2. The summed E-state index contributed by atoms with van der Waals surface area (Å²) in [6, 6.07) is 28.6. The molecule has 0 atom stereocenters. The Morgan fingerprint density at radius 2 is 1.29 bits per heavy atom. The standard InChI is InChI=1S/C30H22N4/c1-17-31-16-28(32-17)23-10-9-19-13-20(7-8-21(19)14-23)22-11-12-26-27(15-22)24-5-3-4-6-25(24)29-30(26)34-18(2)33-29/h3-16H,1-2H3,(H,31,32)(H,33,34). The Balaban J connectivity index is 1.40. The van der Waals surface area contributed by atoms with E-state index in [1.54, 1.807) is 0 Å². The minimum absolute atomic E-state index is 0.928. The van der Waals surface area contributed by atoms with Gasteiger partial charge in [-0.25, -0.2) is 9.97 Å². The first-order valence-corrected chi connectivity index (χ1v) is 11.5. The Morgan fingerprint density at radius 3 is 2.09 bits per heavy atom. The average Bonchev–Trinajstić information content (AvgIpc) is 3.49. The van der Waals surface area contributed by atoms with Gasteiger partial charge in [-0.2, -0.15) is 0 Å². The van der Waals surface area contributed by atoms with Crippen LogP contribution in [-0.2, 0) is 0 Å². The van der Waals surface area contributed by atoms with E-state index in [4.69, 9.17) is 4.98 Å². The Hall–Kier alpha value is -4.44. The lowest BCUT2D eigenvalue weighted by molar-refractivity contribution is 1.15. The number of imidazole rings is 2. The molecule has 0 amide bonds. The topological polar surface area (TPSA) is 57.4 Å². The smallest absolute Gasteiger partial charge is 0.104 e. The molecule has 4 nitrogen and oxygen atoms in total. The molecule has 0 radical (unpaired) electrons. The normalized spacial score (nSPS) is 11.8. The Morgan fingerprint density at radius 1 is 0.588 bits per heavy atom.